The van der Waals surface area contributed by atoms with Gasteiger partial charge in [-0.15, -0.1) is 11.3 Å². The highest BCUT2D eigenvalue weighted by atomic mass is 32.1. The van der Waals surface area contributed by atoms with Gasteiger partial charge in [-0.05, 0) is 19.9 Å². The van der Waals surface area contributed by atoms with Crippen LogP contribution < -0.4 is 11.1 Å². The Balaban J connectivity index is 2.43. The molecule has 0 spiro atoms. The van der Waals surface area contributed by atoms with Gasteiger partial charge in [0.2, 0.25) is 0 Å². The molecule has 0 unspecified atom stereocenters. The molecule has 1 rings (SSSR count). The molecular weight excluding hydrogens is 224 g/mol. The summed E-state index contributed by atoms with van der Waals surface area (Å²) in [6.07, 6.45) is 0.239. The summed E-state index contributed by atoms with van der Waals surface area (Å²) in [7, 11) is 0. The van der Waals surface area contributed by atoms with Crippen LogP contribution in [0.2, 0.25) is 0 Å². The maximum Gasteiger partial charge on any atom is 0.171 e. The van der Waals surface area contributed by atoms with Gasteiger partial charge in [0.1, 0.15) is 0 Å². The third kappa shape index (κ3) is 3.83. The molecule has 1 aromatic rings. The molecule has 1 heterocycles. The summed E-state index contributed by atoms with van der Waals surface area (Å²) in [5.41, 5.74) is 6.26. The van der Waals surface area contributed by atoms with Crippen molar-refractivity contribution in [3.05, 3.63) is 10.9 Å². The van der Waals surface area contributed by atoms with Gasteiger partial charge in [-0.3, -0.25) is 4.79 Å². The van der Waals surface area contributed by atoms with Gasteiger partial charge in [-0.2, -0.15) is 0 Å². The van der Waals surface area contributed by atoms with Crippen molar-refractivity contribution < 1.29 is 9.53 Å². The molecule has 0 atom stereocenters. The van der Waals surface area contributed by atoms with Crippen molar-refractivity contribution in [2.75, 3.05) is 24.2 Å². The number of ketones is 1. The van der Waals surface area contributed by atoms with Crippen LogP contribution in [0.5, 0.6) is 0 Å². The van der Waals surface area contributed by atoms with Crippen molar-refractivity contribution in [2.45, 2.75) is 26.9 Å². The van der Waals surface area contributed by atoms with Crippen molar-refractivity contribution in [3.63, 3.8) is 0 Å². The molecule has 0 saturated heterocycles. The molecule has 0 aliphatic heterocycles. The predicted molar refractivity (Wildman–Crippen MR) is 68.3 cm³/mol. The number of ether oxygens (including phenoxy) is 1. The van der Waals surface area contributed by atoms with Crippen molar-refractivity contribution >= 4 is 27.8 Å². The summed E-state index contributed by atoms with van der Waals surface area (Å²) in [6.45, 7) is 6.88. The molecule has 0 saturated carbocycles. The van der Waals surface area contributed by atoms with Crippen molar-refractivity contribution in [3.8, 4) is 0 Å². The first kappa shape index (κ1) is 13.0. The van der Waals surface area contributed by atoms with Crippen molar-refractivity contribution in [1.29, 1.82) is 0 Å². The number of nitrogens with one attached hydrogen (secondary N) is 1. The molecule has 0 aliphatic carbocycles. The quantitative estimate of drug-likeness (QED) is 0.594. The predicted octanol–water partition coefficient (Wildman–Crippen LogP) is 2.37. The number of carbonyl (C=O) groups is 1. The van der Waals surface area contributed by atoms with E-state index in [-0.39, 0.29) is 11.9 Å². The third-order valence-electron chi connectivity index (χ3n) is 1.93. The molecule has 3 N–H and O–H groups in total. The number of rotatable bonds is 6. The largest absolute Gasteiger partial charge is 0.397 e. The lowest BCUT2D eigenvalue weighted by molar-refractivity contribution is 0.0871. The van der Waals surface area contributed by atoms with E-state index < -0.39 is 0 Å². The van der Waals surface area contributed by atoms with Crippen LogP contribution in [0.3, 0.4) is 0 Å². The molecule has 5 heteroatoms. The first-order valence-electron chi connectivity index (χ1n) is 5.26. The molecule has 0 amide bonds. The summed E-state index contributed by atoms with van der Waals surface area (Å²) in [5, 5.41) is 4.09. The van der Waals surface area contributed by atoms with Gasteiger partial charge in [0.25, 0.3) is 0 Å². The highest BCUT2D eigenvalue weighted by molar-refractivity contribution is 7.18. The minimum absolute atomic E-state index is 0.00832. The van der Waals surface area contributed by atoms with Crippen molar-refractivity contribution in [1.82, 2.24) is 0 Å². The summed E-state index contributed by atoms with van der Waals surface area (Å²) in [4.78, 5) is 11.8. The monoisotopic (exact) mass is 242 g/mol. The highest BCUT2D eigenvalue weighted by Gasteiger charge is 2.09. The van der Waals surface area contributed by atoms with Crippen LogP contribution in [0, 0.1) is 0 Å². The van der Waals surface area contributed by atoms with E-state index in [9.17, 15) is 4.79 Å². The van der Waals surface area contributed by atoms with E-state index in [2.05, 4.69) is 5.32 Å². The molecule has 0 fully saturated rings. The fourth-order valence-corrected chi connectivity index (χ4v) is 2.14. The minimum Gasteiger partial charge on any atom is -0.397 e. The van der Waals surface area contributed by atoms with Gasteiger partial charge in [-0.1, -0.05) is 0 Å². The Bertz CT molecular complexity index is 361. The van der Waals surface area contributed by atoms with Crippen LogP contribution in [-0.4, -0.2) is 25.0 Å². The fraction of sp³-hybridized carbons (Fsp3) is 0.545. The zero-order valence-corrected chi connectivity index (χ0v) is 10.7. The molecule has 0 radical (unpaired) electrons. The Morgan fingerprint density at radius 2 is 2.31 bits per heavy atom. The standard InChI is InChI=1S/C11H18N2O2S/c1-7(2)15-5-4-13-10-6-9(12)11(16-10)8(3)14/h6-7,13H,4-5,12H2,1-3H3. The maximum atomic E-state index is 11.2. The average molecular weight is 242 g/mol. The maximum absolute atomic E-state index is 11.2. The Kier molecular flexibility index (Phi) is 4.76. The van der Waals surface area contributed by atoms with Crippen LogP contribution in [-0.2, 0) is 4.74 Å². The zero-order valence-electron chi connectivity index (χ0n) is 9.87. The summed E-state index contributed by atoms with van der Waals surface area (Å²) >= 11 is 1.39. The van der Waals surface area contributed by atoms with E-state index >= 15 is 0 Å². The minimum atomic E-state index is 0.00832. The summed E-state index contributed by atoms with van der Waals surface area (Å²) in [6, 6.07) is 1.79. The van der Waals surface area contributed by atoms with Gasteiger partial charge < -0.3 is 15.8 Å². The normalized spacial score (nSPS) is 10.8. The molecular formula is C11H18N2O2S. The fourth-order valence-electron chi connectivity index (χ4n) is 1.24. The summed E-state index contributed by atoms with van der Waals surface area (Å²) in [5.74, 6) is 0.00832. The van der Waals surface area contributed by atoms with E-state index in [0.29, 0.717) is 17.2 Å². The number of Topliss-reactive ketones (excluding diaryl/α,β-unsaturated/α-hetero) is 1. The number of thiophene rings is 1. The molecule has 16 heavy (non-hydrogen) atoms. The average Bonchev–Trinajstić information content (AvgIpc) is 2.54. The molecule has 0 aromatic carbocycles. The Morgan fingerprint density at radius 3 is 2.81 bits per heavy atom. The second-order valence-corrected chi connectivity index (χ2v) is 4.85. The van der Waals surface area contributed by atoms with E-state index in [1.807, 2.05) is 13.8 Å². The third-order valence-corrected chi connectivity index (χ3v) is 3.14. The lowest BCUT2D eigenvalue weighted by atomic mass is 10.3. The Labute approximate surface area is 99.8 Å². The van der Waals surface area contributed by atoms with Gasteiger partial charge in [0.05, 0.1) is 28.3 Å². The van der Waals surface area contributed by atoms with Crippen LogP contribution in [0.25, 0.3) is 0 Å². The second kappa shape index (κ2) is 5.86. The zero-order chi connectivity index (χ0) is 12.1. The Hall–Kier alpha value is -1.07. The van der Waals surface area contributed by atoms with Crippen LogP contribution >= 0.6 is 11.3 Å². The van der Waals surface area contributed by atoms with Crippen LogP contribution in [0.4, 0.5) is 10.7 Å². The number of carbonyl (C=O) groups excluding carboxylic acids is 1. The highest BCUT2D eigenvalue weighted by Crippen LogP contribution is 2.29. The smallest absolute Gasteiger partial charge is 0.171 e. The number of hydrogen-bond acceptors (Lipinski definition) is 5. The van der Waals surface area contributed by atoms with Crippen LogP contribution in [0.15, 0.2) is 6.07 Å². The molecule has 1 aromatic heterocycles. The number of nitrogen functional groups attached to an aromatic ring is 1. The van der Waals surface area contributed by atoms with Gasteiger partial charge in [0.15, 0.2) is 5.78 Å². The summed E-state index contributed by atoms with van der Waals surface area (Å²) < 4.78 is 5.39. The Morgan fingerprint density at radius 1 is 1.62 bits per heavy atom. The SMILES string of the molecule is CC(=O)c1sc(NCCOC(C)C)cc1N. The number of nitrogens with two attached hydrogens (primary N) is 1. The lowest BCUT2D eigenvalue weighted by Crippen LogP contribution is -2.12. The van der Waals surface area contributed by atoms with E-state index in [1.54, 1.807) is 6.07 Å². The lowest BCUT2D eigenvalue weighted by Gasteiger charge is -2.07. The van der Waals surface area contributed by atoms with Crippen molar-refractivity contribution in [2.24, 2.45) is 0 Å². The number of hydrogen-bond donors (Lipinski definition) is 2. The molecule has 90 valence electrons. The topological polar surface area (TPSA) is 64.3 Å². The van der Waals surface area contributed by atoms with Gasteiger partial charge in [-0.25, -0.2) is 0 Å². The first-order valence-corrected chi connectivity index (χ1v) is 6.08. The molecule has 4 nitrogen and oxygen atoms in total. The number of anilines is 2. The van der Waals surface area contributed by atoms with E-state index in [1.165, 1.54) is 18.3 Å². The molecule has 0 aliphatic rings. The first-order chi connectivity index (χ1) is 7.50. The van der Waals surface area contributed by atoms with Gasteiger partial charge in [0, 0.05) is 13.5 Å². The molecule has 0 bridgehead atoms. The van der Waals surface area contributed by atoms with E-state index in [4.69, 9.17) is 10.5 Å². The van der Waals surface area contributed by atoms with Crippen LogP contribution in [0.1, 0.15) is 30.4 Å². The second-order valence-electron chi connectivity index (χ2n) is 3.80. The van der Waals surface area contributed by atoms with E-state index in [0.717, 1.165) is 11.5 Å². The van der Waals surface area contributed by atoms with Gasteiger partial charge >= 0.3 is 0 Å².